The molecule has 0 saturated carbocycles. The van der Waals surface area contributed by atoms with Crippen molar-refractivity contribution in [1.82, 2.24) is 4.90 Å². The third-order valence-corrected chi connectivity index (χ3v) is 4.59. The number of rotatable bonds is 6. The van der Waals surface area contributed by atoms with Gasteiger partial charge < -0.3 is 9.47 Å². The molecule has 118 valence electrons. The van der Waals surface area contributed by atoms with Crippen LogP contribution in [-0.4, -0.2) is 49.0 Å². The van der Waals surface area contributed by atoms with Crippen molar-refractivity contribution >= 4 is 49.6 Å². The number of esters is 1. The van der Waals surface area contributed by atoms with Crippen LogP contribution in [0.15, 0.2) is 8.96 Å². The molecular formula is C13H17Br2NO5. The minimum atomic E-state index is -0.543. The van der Waals surface area contributed by atoms with E-state index in [1.54, 1.807) is 20.8 Å². The average Bonchev–Trinajstić information content (AvgIpc) is 2.58. The van der Waals surface area contributed by atoms with Gasteiger partial charge in [-0.25, -0.2) is 0 Å². The summed E-state index contributed by atoms with van der Waals surface area (Å²) >= 11 is 6.08. The van der Waals surface area contributed by atoms with E-state index in [2.05, 4.69) is 31.9 Å². The molecule has 8 heteroatoms. The number of carbonyl (C=O) groups is 3. The lowest BCUT2D eigenvalue weighted by atomic mass is 9.97. The van der Waals surface area contributed by atoms with Gasteiger partial charge in [0.05, 0.1) is 25.2 Å². The number of amides is 2. The van der Waals surface area contributed by atoms with Crippen molar-refractivity contribution in [3.8, 4) is 0 Å². The fraction of sp³-hybridized carbons (Fsp3) is 0.615. The zero-order chi connectivity index (χ0) is 16.2. The number of nitrogens with zero attached hydrogens (tertiary/aromatic N) is 1. The van der Waals surface area contributed by atoms with E-state index in [1.807, 2.05) is 0 Å². The Morgan fingerprint density at radius 3 is 2.05 bits per heavy atom. The molecule has 0 saturated heterocycles. The van der Waals surface area contributed by atoms with Gasteiger partial charge in [-0.15, -0.1) is 0 Å². The maximum atomic E-state index is 11.7. The molecule has 1 aliphatic heterocycles. The van der Waals surface area contributed by atoms with Crippen molar-refractivity contribution < 1.29 is 23.9 Å². The summed E-state index contributed by atoms with van der Waals surface area (Å²) in [6.07, 6.45) is 0. The average molecular weight is 427 g/mol. The SMILES string of the molecule is CC(C)(C)C(=O)OCCOCCN1C(=O)C(Br)=C(Br)C1=O. The van der Waals surface area contributed by atoms with E-state index in [0.29, 0.717) is 0 Å². The van der Waals surface area contributed by atoms with Crippen LogP contribution in [-0.2, 0) is 23.9 Å². The van der Waals surface area contributed by atoms with Crippen molar-refractivity contribution in [2.75, 3.05) is 26.4 Å². The first-order valence-electron chi connectivity index (χ1n) is 6.32. The molecule has 0 unspecified atom stereocenters. The highest BCUT2D eigenvalue weighted by atomic mass is 79.9. The summed E-state index contributed by atoms with van der Waals surface area (Å²) in [4.78, 5) is 35.9. The molecule has 0 atom stereocenters. The smallest absolute Gasteiger partial charge is 0.311 e. The largest absolute Gasteiger partial charge is 0.463 e. The summed E-state index contributed by atoms with van der Waals surface area (Å²) in [6.45, 7) is 5.99. The molecule has 21 heavy (non-hydrogen) atoms. The third-order valence-electron chi connectivity index (χ3n) is 2.59. The molecule has 1 heterocycles. The highest BCUT2D eigenvalue weighted by Crippen LogP contribution is 2.28. The Labute approximate surface area is 140 Å². The second-order valence-electron chi connectivity index (χ2n) is 5.39. The molecule has 2 amide bonds. The molecule has 0 aliphatic carbocycles. The van der Waals surface area contributed by atoms with Crippen LogP contribution in [0, 0.1) is 5.41 Å². The molecule has 6 nitrogen and oxygen atoms in total. The minimum Gasteiger partial charge on any atom is -0.463 e. The lowest BCUT2D eigenvalue weighted by molar-refractivity contribution is -0.154. The number of halogens is 2. The second kappa shape index (κ2) is 7.51. The summed E-state index contributed by atoms with van der Waals surface area (Å²) in [5, 5.41) is 0. The van der Waals surface area contributed by atoms with Crippen molar-refractivity contribution in [3.05, 3.63) is 8.96 Å². The fourth-order valence-corrected chi connectivity index (χ4v) is 2.16. The molecule has 0 spiro atoms. The lowest BCUT2D eigenvalue weighted by Gasteiger charge is -2.17. The van der Waals surface area contributed by atoms with Crippen LogP contribution in [0.25, 0.3) is 0 Å². The van der Waals surface area contributed by atoms with Crippen molar-refractivity contribution in [2.45, 2.75) is 20.8 Å². The normalized spacial score (nSPS) is 16.0. The van der Waals surface area contributed by atoms with Crippen molar-refractivity contribution in [1.29, 1.82) is 0 Å². The molecule has 0 N–H and O–H groups in total. The van der Waals surface area contributed by atoms with E-state index in [0.717, 1.165) is 4.90 Å². The minimum absolute atomic E-state index is 0.142. The van der Waals surface area contributed by atoms with E-state index in [-0.39, 0.29) is 41.3 Å². The Kier molecular flexibility index (Phi) is 6.55. The third kappa shape index (κ3) is 4.89. The van der Waals surface area contributed by atoms with Gasteiger partial charge in [0.2, 0.25) is 0 Å². The van der Waals surface area contributed by atoms with Gasteiger partial charge in [-0.2, -0.15) is 0 Å². The molecular weight excluding hydrogens is 410 g/mol. The summed E-state index contributed by atoms with van der Waals surface area (Å²) in [6, 6.07) is 0. The Balaban J connectivity index is 2.21. The highest BCUT2D eigenvalue weighted by molar-refractivity contribution is 9.14. The summed E-state index contributed by atoms with van der Waals surface area (Å²) in [7, 11) is 0. The zero-order valence-electron chi connectivity index (χ0n) is 12.1. The van der Waals surface area contributed by atoms with Crippen LogP contribution in [0.4, 0.5) is 0 Å². The lowest BCUT2D eigenvalue weighted by Crippen LogP contribution is -2.34. The summed E-state index contributed by atoms with van der Waals surface area (Å²) in [5.74, 6) is -1.09. The van der Waals surface area contributed by atoms with Crippen molar-refractivity contribution in [3.63, 3.8) is 0 Å². The van der Waals surface area contributed by atoms with Crippen LogP contribution >= 0.6 is 31.9 Å². The van der Waals surface area contributed by atoms with Gasteiger partial charge in [0.25, 0.3) is 11.8 Å². The number of ether oxygens (including phenoxy) is 2. The second-order valence-corrected chi connectivity index (χ2v) is 6.97. The first-order valence-corrected chi connectivity index (χ1v) is 7.91. The standard InChI is InChI=1S/C13H17Br2NO5/c1-13(2,3)12(19)21-7-6-20-5-4-16-10(17)8(14)9(15)11(16)18/h4-7H2,1-3H3. The molecule has 1 aliphatic rings. The number of imide groups is 1. The van der Waals surface area contributed by atoms with E-state index >= 15 is 0 Å². The monoisotopic (exact) mass is 425 g/mol. The molecule has 0 radical (unpaired) electrons. The van der Waals surface area contributed by atoms with Crippen LogP contribution in [0.1, 0.15) is 20.8 Å². The first-order chi connectivity index (χ1) is 9.66. The fourth-order valence-electron chi connectivity index (χ4n) is 1.39. The van der Waals surface area contributed by atoms with Gasteiger partial charge in [0.1, 0.15) is 15.6 Å². The predicted molar refractivity (Wildman–Crippen MR) is 82.8 cm³/mol. The van der Waals surface area contributed by atoms with Gasteiger partial charge in [0, 0.05) is 0 Å². The van der Waals surface area contributed by atoms with Gasteiger partial charge in [-0.05, 0) is 52.6 Å². The molecule has 0 aromatic heterocycles. The van der Waals surface area contributed by atoms with Crippen LogP contribution < -0.4 is 0 Å². The molecule has 0 fully saturated rings. The maximum Gasteiger partial charge on any atom is 0.311 e. The molecule has 0 bridgehead atoms. The highest BCUT2D eigenvalue weighted by Gasteiger charge is 2.35. The Hall–Kier alpha value is -0.730. The molecule has 0 aromatic rings. The maximum absolute atomic E-state index is 11.7. The van der Waals surface area contributed by atoms with E-state index in [9.17, 15) is 14.4 Å². The number of hydrogen-bond acceptors (Lipinski definition) is 5. The Bertz CT molecular complexity index is 457. The quantitative estimate of drug-likeness (QED) is 0.368. The Morgan fingerprint density at radius 1 is 1.05 bits per heavy atom. The van der Waals surface area contributed by atoms with Crippen LogP contribution in [0.5, 0.6) is 0 Å². The predicted octanol–water partition coefficient (Wildman–Crippen LogP) is 1.96. The number of hydrogen-bond donors (Lipinski definition) is 0. The van der Waals surface area contributed by atoms with E-state index in [4.69, 9.17) is 9.47 Å². The summed E-state index contributed by atoms with van der Waals surface area (Å²) < 4.78 is 10.7. The van der Waals surface area contributed by atoms with Gasteiger partial charge >= 0.3 is 5.97 Å². The van der Waals surface area contributed by atoms with E-state index in [1.165, 1.54) is 0 Å². The Morgan fingerprint density at radius 2 is 1.57 bits per heavy atom. The molecule has 1 rings (SSSR count). The van der Waals surface area contributed by atoms with Crippen molar-refractivity contribution in [2.24, 2.45) is 5.41 Å². The topological polar surface area (TPSA) is 72.9 Å². The van der Waals surface area contributed by atoms with Gasteiger partial charge in [-0.1, -0.05) is 0 Å². The zero-order valence-corrected chi connectivity index (χ0v) is 15.2. The van der Waals surface area contributed by atoms with Gasteiger partial charge in [0.15, 0.2) is 0 Å². The first kappa shape index (κ1) is 18.3. The summed E-state index contributed by atoms with van der Waals surface area (Å²) in [5.41, 5.74) is -0.543. The van der Waals surface area contributed by atoms with Crippen LogP contribution in [0.3, 0.4) is 0 Å². The van der Waals surface area contributed by atoms with Gasteiger partial charge in [-0.3, -0.25) is 19.3 Å². The number of carbonyl (C=O) groups excluding carboxylic acids is 3. The molecule has 0 aromatic carbocycles. The van der Waals surface area contributed by atoms with Crippen LogP contribution in [0.2, 0.25) is 0 Å². The van der Waals surface area contributed by atoms with E-state index < -0.39 is 17.2 Å².